The predicted molar refractivity (Wildman–Crippen MR) is 107 cm³/mol. The Morgan fingerprint density at radius 3 is 2.75 bits per heavy atom. The van der Waals surface area contributed by atoms with E-state index in [-0.39, 0.29) is 18.1 Å². The van der Waals surface area contributed by atoms with Gasteiger partial charge in [-0.25, -0.2) is 4.79 Å². The number of carbonyl (C=O) groups is 2. The zero-order valence-electron chi connectivity index (χ0n) is 15.7. The maximum atomic E-state index is 12.7. The van der Waals surface area contributed by atoms with Gasteiger partial charge in [0.2, 0.25) is 5.78 Å². The number of allylic oxidation sites excluding steroid dienone is 1. The molecule has 1 atom stereocenters. The highest BCUT2D eigenvalue weighted by molar-refractivity contribution is 9.10. The molecule has 0 saturated carbocycles. The summed E-state index contributed by atoms with van der Waals surface area (Å²) in [5, 5.41) is 0. The topological polar surface area (TPSA) is 71.1 Å². The number of hydrogen-bond acceptors (Lipinski definition) is 6. The molecule has 0 saturated heterocycles. The molecule has 2 aromatic carbocycles. The first kappa shape index (κ1) is 19.9. The van der Waals surface area contributed by atoms with Crippen LogP contribution in [0.25, 0.3) is 6.08 Å². The number of esters is 1. The summed E-state index contributed by atoms with van der Waals surface area (Å²) in [6, 6.07) is 10.3. The molecule has 1 aliphatic rings. The van der Waals surface area contributed by atoms with Gasteiger partial charge < -0.3 is 18.9 Å². The van der Waals surface area contributed by atoms with Gasteiger partial charge in [0.05, 0.1) is 19.3 Å². The molecule has 1 aliphatic heterocycles. The molecule has 1 unspecified atom stereocenters. The van der Waals surface area contributed by atoms with Crippen molar-refractivity contribution in [3.05, 3.63) is 57.8 Å². The van der Waals surface area contributed by atoms with E-state index in [1.807, 2.05) is 12.1 Å². The van der Waals surface area contributed by atoms with E-state index < -0.39 is 12.1 Å². The summed E-state index contributed by atoms with van der Waals surface area (Å²) < 4.78 is 22.4. The van der Waals surface area contributed by atoms with E-state index in [0.717, 1.165) is 4.47 Å². The van der Waals surface area contributed by atoms with Crippen LogP contribution >= 0.6 is 15.9 Å². The standard InChI is InChI=1S/C21H19BrO6/c1-4-26-21(24)12(2)27-15-6-7-16-18(11-15)28-19(20(16)23)10-13-9-14(22)5-8-17(13)25-3/h5-12H,4H2,1-3H3/b19-10-. The maximum Gasteiger partial charge on any atom is 0.347 e. The molecular formula is C21H19BrO6. The number of rotatable bonds is 6. The molecule has 6 nitrogen and oxygen atoms in total. The lowest BCUT2D eigenvalue weighted by atomic mass is 10.1. The molecule has 0 fully saturated rings. The first-order valence-corrected chi connectivity index (χ1v) is 9.47. The lowest BCUT2D eigenvalue weighted by molar-refractivity contribution is -0.150. The Morgan fingerprint density at radius 2 is 2.04 bits per heavy atom. The molecule has 0 bridgehead atoms. The Labute approximate surface area is 171 Å². The quantitative estimate of drug-likeness (QED) is 0.483. The van der Waals surface area contributed by atoms with Gasteiger partial charge in [0.25, 0.3) is 0 Å². The normalized spacial score (nSPS) is 15.0. The highest BCUT2D eigenvalue weighted by Gasteiger charge is 2.28. The van der Waals surface area contributed by atoms with Crippen molar-refractivity contribution in [2.45, 2.75) is 20.0 Å². The lowest BCUT2D eigenvalue weighted by Gasteiger charge is -2.13. The third-order valence-electron chi connectivity index (χ3n) is 4.05. The number of carbonyl (C=O) groups excluding carboxylic acids is 2. The molecule has 1 heterocycles. The SMILES string of the molecule is CCOC(=O)C(C)Oc1ccc2c(c1)O/C(=C\c1cc(Br)ccc1OC)C2=O. The number of Topliss-reactive ketones (excluding diaryl/α,β-unsaturated/α-hetero) is 1. The zero-order valence-corrected chi connectivity index (χ0v) is 17.2. The van der Waals surface area contributed by atoms with E-state index in [2.05, 4.69) is 15.9 Å². The zero-order chi connectivity index (χ0) is 20.3. The first-order chi connectivity index (χ1) is 13.4. The Hall–Kier alpha value is -2.80. The van der Waals surface area contributed by atoms with Crippen molar-refractivity contribution < 1.29 is 28.5 Å². The fraction of sp³-hybridized carbons (Fsp3) is 0.238. The minimum atomic E-state index is -0.768. The van der Waals surface area contributed by atoms with Crippen LogP contribution in [0.15, 0.2) is 46.6 Å². The first-order valence-electron chi connectivity index (χ1n) is 8.68. The van der Waals surface area contributed by atoms with Gasteiger partial charge in [-0.3, -0.25) is 4.79 Å². The van der Waals surface area contributed by atoms with Crippen LogP contribution in [0, 0.1) is 0 Å². The second-order valence-corrected chi connectivity index (χ2v) is 6.91. The molecular weight excluding hydrogens is 428 g/mol. The summed E-state index contributed by atoms with van der Waals surface area (Å²) in [7, 11) is 1.56. The number of hydrogen-bond donors (Lipinski definition) is 0. The van der Waals surface area contributed by atoms with Crippen LogP contribution < -0.4 is 14.2 Å². The summed E-state index contributed by atoms with van der Waals surface area (Å²) >= 11 is 3.41. The monoisotopic (exact) mass is 446 g/mol. The van der Waals surface area contributed by atoms with Gasteiger partial charge in [0, 0.05) is 16.1 Å². The predicted octanol–water partition coefficient (Wildman–Crippen LogP) is 4.40. The molecule has 0 N–H and O–H groups in total. The second kappa shape index (κ2) is 8.48. The molecule has 0 aromatic heterocycles. The summed E-state index contributed by atoms with van der Waals surface area (Å²) in [4.78, 5) is 24.4. The Balaban J connectivity index is 1.83. The molecule has 2 aromatic rings. The maximum absolute atomic E-state index is 12.7. The summed E-state index contributed by atoms with van der Waals surface area (Å²) in [6.45, 7) is 3.61. The molecule has 7 heteroatoms. The lowest BCUT2D eigenvalue weighted by Crippen LogP contribution is -2.26. The van der Waals surface area contributed by atoms with Crippen LogP contribution in [0.1, 0.15) is 29.8 Å². The van der Waals surface area contributed by atoms with E-state index >= 15 is 0 Å². The van der Waals surface area contributed by atoms with Crippen LogP contribution in [0.3, 0.4) is 0 Å². The Kier molecular flexibility index (Phi) is 6.04. The third kappa shape index (κ3) is 4.20. The van der Waals surface area contributed by atoms with Gasteiger partial charge in [-0.2, -0.15) is 0 Å². The second-order valence-electron chi connectivity index (χ2n) is 6.00. The number of halogens is 1. The van der Waals surface area contributed by atoms with Gasteiger partial charge in [0.15, 0.2) is 11.9 Å². The largest absolute Gasteiger partial charge is 0.496 e. The van der Waals surface area contributed by atoms with E-state index in [4.69, 9.17) is 18.9 Å². The van der Waals surface area contributed by atoms with Gasteiger partial charge >= 0.3 is 5.97 Å². The minimum absolute atomic E-state index is 0.182. The van der Waals surface area contributed by atoms with Crippen LogP contribution in [0.2, 0.25) is 0 Å². The van der Waals surface area contributed by atoms with E-state index in [0.29, 0.717) is 28.4 Å². The third-order valence-corrected chi connectivity index (χ3v) is 4.54. The fourth-order valence-corrected chi connectivity index (χ4v) is 3.09. The highest BCUT2D eigenvalue weighted by atomic mass is 79.9. The minimum Gasteiger partial charge on any atom is -0.496 e. The van der Waals surface area contributed by atoms with Gasteiger partial charge in [0.1, 0.15) is 17.2 Å². The molecule has 0 aliphatic carbocycles. The molecule has 3 rings (SSSR count). The molecule has 0 spiro atoms. The Morgan fingerprint density at radius 1 is 1.25 bits per heavy atom. The summed E-state index contributed by atoms with van der Waals surface area (Å²) in [5.41, 5.74) is 1.14. The van der Waals surface area contributed by atoms with Crippen molar-refractivity contribution in [1.29, 1.82) is 0 Å². The van der Waals surface area contributed by atoms with Crippen LogP contribution in [0.5, 0.6) is 17.2 Å². The van der Waals surface area contributed by atoms with Crippen molar-refractivity contribution in [2.24, 2.45) is 0 Å². The summed E-state index contributed by atoms with van der Waals surface area (Å²) in [6.07, 6.45) is 0.865. The highest BCUT2D eigenvalue weighted by Crippen LogP contribution is 2.36. The van der Waals surface area contributed by atoms with Crippen molar-refractivity contribution >= 4 is 33.8 Å². The van der Waals surface area contributed by atoms with Crippen molar-refractivity contribution in [3.63, 3.8) is 0 Å². The van der Waals surface area contributed by atoms with E-state index in [1.165, 1.54) is 0 Å². The number of ether oxygens (including phenoxy) is 4. The molecule has 146 valence electrons. The van der Waals surface area contributed by atoms with Gasteiger partial charge in [-0.05, 0) is 50.3 Å². The van der Waals surface area contributed by atoms with Crippen LogP contribution in [-0.4, -0.2) is 31.6 Å². The number of ketones is 1. The van der Waals surface area contributed by atoms with Crippen molar-refractivity contribution in [3.8, 4) is 17.2 Å². The van der Waals surface area contributed by atoms with E-state index in [1.54, 1.807) is 51.3 Å². The van der Waals surface area contributed by atoms with Crippen LogP contribution in [-0.2, 0) is 9.53 Å². The number of fused-ring (bicyclic) bond motifs is 1. The van der Waals surface area contributed by atoms with Crippen LogP contribution in [0.4, 0.5) is 0 Å². The summed E-state index contributed by atoms with van der Waals surface area (Å²) in [5.74, 6) is 0.897. The average molecular weight is 447 g/mol. The Bertz CT molecular complexity index is 950. The van der Waals surface area contributed by atoms with Crippen molar-refractivity contribution in [2.75, 3.05) is 13.7 Å². The number of methoxy groups -OCH3 is 1. The van der Waals surface area contributed by atoms with Gasteiger partial charge in [-0.15, -0.1) is 0 Å². The molecule has 28 heavy (non-hydrogen) atoms. The number of benzene rings is 2. The smallest absolute Gasteiger partial charge is 0.347 e. The molecule has 0 radical (unpaired) electrons. The fourth-order valence-electron chi connectivity index (χ4n) is 2.71. The average Bonchev–Trinajstić information content (AvgIpc) is 2.97. The molecule has 0 amide bonds. The van der Waals surface area contributed by atoms with E-state index in [9.17, 15) is 9.59 Å². The van der Waals surface area contributed by atoms with Crippen molar-refractivity contribution in [1.82, 2.24) is 0 Å². The van der Waals surface area contributed by atoms with Gasteiger partial charge in [-0.1, -0.05) is 15.9 Å².